The fraction of sp³-hybridized carbons (Fsp3) is 0.500. The molecule has 3 heteroatoms. The molecule has 1 aromatic rings. The van der Waals surface area contributed by atoms with Gasteiger partial charge in [0, 0.05) is 24.8 Å². The van der Waals surface area contributed by atoms with Crippen molar-refractivity contribution in [3.8, 4) is 5.75 Å². The Morgan fingerprint density at radius 1 is 1.53 bits per heavy atom. The van der Waals surface area contributed by atoms with Crippen LogP contribution in [0.5, 0.6) is 5.75 Å². The summed E-state index contributed by atoms with van der Waals surface area (Å²) in [5.41, 5.74) is 1.97. The second kappa shape index (κ2) is 4.53. The molecule has 0 saturated carbocycles. The van der Waals surface area contributed by atoms with Crippen LogP contribution in [0.2, 0.25) is 0 Å². The van der Waals surface area contributed by atoms with Crippen molar-refractivity contribution in [3.63, 3.8) is 0 Å². The molecule has 3 nitrogen and oxygen atoms in total. The van der Waals surface area contributed by atoms with Crippen molar-refractivity contribution < 1.29 is 9.84 Å². The number of phenolic OH excluding ortho intramolecular Hbond substituents is 1. The summed E-state index contributed by atoms with van der Waals surface area (Å²) in [6.07, 6.45) is 1.14. The third kappa shape index (κ3) is 2.63. The van der Waals surface area contributed by atoms with Gasteiger partial charge in [0.05, 0.1) is 6.61 Å². The van der Waals surface area contributed by atoms with Crippen LogP contribution in [0.1, 0.15) is 12.0 Å². The lowest BCUT2D eigenvalue weighted by Crippen LogP contribution is -2.13. The highest BCUT2D eigenvalue weighted by Crippen LogP contribution is 2.21. The molecule has 2 N–H and O–H groups in total. The molecule has 1 aliphatic rings. The lowest BCUT2D eigenvalue weighted by Gasteiger charge is -2.11. The molecule has 1 unspecified atom stereocenters. The van der Waals surface area contributed by atoms with E-state index in [0.717, 1.165) is 37.4 Å². The van der Waals surface area contributed by atoms with E-state index in [0.29, 0.717) is 11.7 Å². The topological polar surface area (TPSA) is 41.5 Å². The molecule has 2 rings (SSSR count). The molecule has 0 aliphatic carbocycles. The minimum absolute atomic E-state index is 0.352. The van der Waals surface area contributed by atoms with E-state index in [1.54, 1.807) is 6.07 Å². The summed E-state index contributed by atoms with van der Waals surface area (Å²) in [5.74, 6) is 0.976. The summed E-state index contributed by atoms with van der Waals surface area (Å²) in [6.45, 7) is 4.61. The molecular weight excluding hydrogens is 190 g/mol. The van der Waals surface area contributed by atoms with Crippen molar-refractivity contribution >= 4 is 5.69 Å². The van der Waals surface area contributed by atoms with Crippen LogP contribution in [0.25, 0.3) is 0 Å². The van der Waals surface area contributed by atoms with Gasteiger partial charge in [0.25, 0.3) is 0 Å². The van der Waals surface area contributed by atoms with Crippen molar-refractivity contribution in [1.82, 2.24) is 0 Å². The van der Waals surface area contributed by atoms with Crippen LogP contribution in [-0.4, -0.2) is 24.9 Å². The quantitative estimate of drug-likeness (QED) is 0.746. The van der Waals surface area contributed by atoms with Gasteiger partial charge in [-0.2, -0.15) is 0 Å². The van der Waals surface area contributed by atoms with Crippen LogP contribution in [-0.2, 0) is 4.74 Å². The molecular formula is C12H17NO2. The molecule has 0 bridgehead atoms. The smallest absolute Gasteiger partial charge is 0.118 e. The fourth-order valence-electron chi connectivity index (χ4n) is 1.77. The predicted octanol–water partition coefficient (Wildman–Crippen LogP) is 2.15. The van der Waals surface area contributed by atoms with E-state index in [2.05, 4.69) is 5.32 Å². The average molecular weight is 207 g/mol. The van der Waals surface area contributed by atoms with Gasteiger partial charge in [0.15, 0.2) is 0 Å². The third-order valence-electron chi connectivity index (χ3n) is 2.82. The number of hydrogen-bond acceptors (Lipinski definition) is 3. The Labute approximate surface area is 90.1 Å². The molecule has 1 saturated heterocycles. The van der Waals surface area contributed by atoms with Crippen LogP contribution < -0.4 is 5.32 Å². The zero-order valence-electron chi connectivity index (χ0n) is 8.99. The monoisotopic (exact) mass is 207 g/mol. The number of phenols is 1. The standard InChI is InChI=1S/C12H17NO2/c1-9-6-11(2-3-12(9)14)13-7-10-4-5-15-8-10/h2-3,6,10,13-14H,4-5,7-8H2,1H3. The van der Waals surface area contributed by atoms with Crippen LogP contribution in [0.3, 0.4) is 0 Å². The molecule has 0 spiro atoms. The van der Waals surface area contributed by atoms with Crippen molar-refractivity contribution in [1.29, 1.82) is 0 Å². The number of benzene rings is 1. The minimum Gasteiger partial charge on any atom is -0.508 e. The summed E-state index contributed by atoms with van der Waals surface area (Å²) >= 11 is 0. The lowest BCUT2D eigenvalue weighted by atomic mass is 10.1. The molecule has 1 aromatic carbocycles. The number of aromatic hydroxyl groups is 1. The van der Waals surface area contributed by atoms with Crippen LogP contribution in [0.4, 0.5) is 5.69 Å². The highest BCUT2D eigenvalue weighted by molar-refractivity contribution is 5.50. The number of nitrogens with one attached hydrogen (secondary N) is 1. The fourth-order valence-corrected chi connectivity index (χ4v) is 1.77. The molecule has 0 radical (unpaired) electrons. The minimum atomic E-state index is 0.352. The highest BCUT2D eigenvalue weighted by atomic mass is 16.5. The first-order valence-electron chi connectivity index (χ1n) is 5.37. The Morgan fingerprint density at radius 2 is 2.40 bits per heavy atom. The van der Waals surface area contributed by atoms with E-state index in [1.165, 1.54) is 0 Å². The second-order valence-electron chi connectivity index (χ2n) is 4.11. The van der Waals surface area contributed by atoms with Crippen LogP contribution in [0, 0.1) is 12.8 Å². The maximum Gasteiger partial charge on any atom is 0.118 e. The summed E-state index contributed by atoms with van der Waals surface area (Å²) < 4.78 is 5.31. The van der Waals surface area contributed by atoms with E-state index in [1.807, 2.05) is 19.1 Å². The summed E-state index contributed by atoms with van der Waals surface area (Å²) in [4.78, 5) is 0. The summed E-state index contributed by atoms with van der Waals surface area (Å²) in [6, 6.07) is 5.59. The number of rotatable bonds is 3. The lowest BCUT2D eigenvalue weighted by molar-refractivity contribution is 0.187. The average Bonchev–Trinajstić information content (AvgIpc) is 2.73. The molecule has 1 aliphatic heterocycles. The molecule has 1 fully saturated rings. The van der Waals surface area contributed by atoms with Gasteiger partial charge >= 0.3 is 0 Å². The highest BCUT2D eigenvalue weighted by Gasteiger charge is 2.14. The van der Waals surface area contributed by atoms with E-state index in [4.69, 9.17) is 4.74 Å². The predicted molar refractivity (Wildman–Crippen MR) is 60.3 cm³/mol. The van der Waals surface area contributed by atoms with Gasteiger partial charge in [0.1, 0.15) is 5.75 Å². The first-order valence-corrected chi connectivity index (χ1v) is 5.37. The Balaban J connectivity index is 1.90. The SMILES string of the molecule is Cc1cc(NCC2CCOC2)ccc1O. The van der Waals surface area contributed by atoms with E-state index in [9.17, 15) is 5.11 Å². The number of hydrogen-bond donors (Lipinski definition) is 2. The third-order valence-corrected chi connectivity index (χ3v) is 2.82. The maximum atomic E-state index is 9.38. The number of anilines is 1. The van der Waals surface area contributed by atoms with E-state index < -0.39 is 0 Å². The van der Waals surface area contributed by atoms with Gasteiger partial charge in [-0.1, -0.05) is 0 Å². The van der Waals surface area contributed by atoms with Crippen molar-refractivity contribution in [3.05, 3.63) is 23.8 Å². The zero-order valence-corrected chi connectivity index (χ0v) is 8.99. The Bertz CT molecular complexity index is 332. The summed E-state index contributed by atoms with van der Waals surface area (Å²) in [7, 11) is 0. The summed E-state index contributed by atoms with van der Waals surface area (Å²) in [5, 5.41) is 12.7. The van der Waals surface area contributed by atoms with Gasteiger partial charge < -0.3 is 15.2 Å². The largest absolute Gasteiger partial charge is 0.508 e. The van der Waals surface area contributed by atoms with E-state index >= 15 is 0 Å². The molecule has 82 valence electrons. The maximum absolute atomic E-state index is 9.38. The number of aryl methyl sites for hydroxylation is 1. The second-order valence-corrected chi connectivity index (χ2v) is 4.11. The molecule has 0 amide bonds. The van der Waals surface area contributed by atoms with Gasteiger partial charge in [-0.05, 0) is 37.1 Å². The first kappa shape index (κ1) is 10.3. The van der Waals surface area contributed by atoms with Crippen LogP contribution >= 0.6 is 0 Å². The number of ether oxygens (including phenoxy) is 1. The van der Waals surface area contributed by atoms with Gasteiger partial charge in [-0.15, -0.1) is 0 Å². The molecule has 15 heavy (non-hydrogen) atoms. The Kier molecular flexibility index (Phi) is 3.11. The van der Waals surface area contributed by atoms with Crippen LogP contribution in [0.15, 0.2) is 18.2 Å². The van der Waals surface area contributed by atoms with Crippen molar-refractivity contribution in [2.24, 2.45) is 5.92 Å². The van der Waals surface area contributed by atoms with Gasteiger partial charge in [-0.3, -0.25) is 0 Å². The van der Waals surface area contributed by atoms with Crippen molar-refractivity contribution in [2.75, 3.05) is 25.1 Å². The zero-order chi connectivity index (χ0) is 10.7. The first-order chi connectivity index (χ1) is 7.25. The Morgan fingerprint density at radius 3 is 3.07 bits per heavy atom. The van der Waals surface area contributed by atoms with Gasteiger partial charge in [0.2, 0.25) is 0 Å². The molecule has 1 heterocycles. The molecule has 1 atom stereocenters. The van der Waals surface area contributed by atoms with E-state index in [-0.39, 0.29) is 0 Å². The van der Waals surface area contributed by atoms with Gasteiger partial charge in [-0.25, -0.2) is 0 Å². The Hall–Kier alpha value is -1.22. The normalized spacial score (nSPS) is 20.5. The molecule has 0 aromatic heterocycles. The van der Waals surface area contributed by atoms with Crippen molar-refractivity contribution in [2.45, 2.75) is 13.3 Å².